The van der Waals surface area contributed by atoms with E-state index in [9.17, 15) is 9.59 Å². The van der Waals surface area contributed by atoms with Crippen molar-refractivity contribution < 1.29 is 9.59 Å². The van der Waals surface area contributed by atoms with Crippen molar-refractivity contribution in [2.75, 3.05) is 58.9 Å². The zero-order valence-electron chi connectivity index (χ0n) is 21.4. The van der Waals surface area contributed by atoms with Gasteiger partial charge in [-0.1, -0.05) is 55.0 Å². The Morgan fingerprint density at radius 2 is 1.46 bits per heavy atom. The summed E-state index contributed by atoms with van der Waals surface area (Å²) in [6.45, 7) is 6.81. The molecule has 3 heterocycles. The van der Waals surface area contributed by atoms with Gasteiger partial charge in [-0.25, -0.2) is 4.98 Å². The number of para-hydroxylation sites is 1. The first-order chi connectivity index (χ1) is 18.2. The van der Waals surface area contributed by atoms with E-state index in [0.717, 1.165) is 54.4 Å². The molecule has 37 heavy (non-hydrogen) atoms. The molecule has 0 spiro atoms. The molecule has 1 aromatic heterocycles. The number of fused-ring (bicyclic) bond motifs is 1. The molecule has 0 radical (unpaired) electrons. The molecule has 6 rings (SSSR count). The lowest BCUT2D eigenvalue weighted by Crippen LogP contribution is -2.56. The summed E-state index contributed by atoms with van der Waals surface area (Å²) in [5.41, 5.74) is 3.33. The van der Waals surface area contributed by atoms with Gasteiger partial charge < -0.3 is 9.80 Å². The highest BCUT2D eigenvalue weighted by Crippen LogP contribution is 2.27. The van der Waals surface area contributed by atoms with Crippen molar-refractivity contribution >= 4 is 22.7 Å². The van der Waals surface area contributed by atoms with E-state index in [2.05, 4.69) is 9.80 Å². The minimum atomic E-state index is 0.0360. The molecule has 2 amide bonds. The van der Waals surface area contributed by atoms with Crippen LogP contribution in [0.1, 0.15) is 29.6 Å². The van der Waals surface area contributed by atoms with Crippen LogP contribution in [0.5, 0.6) is 0 Å². The van der Waals surface area contributed by atoms with Gasteiger partial charge in [-0.2, -0.15) is 0 Å². The van der Waals surface area contributed by atoms with Crippen LogP contribution in [0.25, 0.3) is 22.2 Å². The molecular formula is C30H35N5O2. The highest BCUT2D eigenvalue weighted by molar-refractivity contribution is 6.07. The number of hydrogen-bond donors (Lipinski definition) is 0. The highest BCUT2D eigenvalue weighted by atomic mass is 16.2. The van der Waals surface area contributed by atoms with E-state index in [4.69, 9.17) is 4.98 Å². The van der Waals surface area contributed by atoms with Gasteiger partial charge in [0.2, 0.25) is 5.91 Å². The molecule has 3 aliphatic rings. The summed E-state index contributed by atoms with van der Waals surface area (Å²) < 4.78 is 0. The number of aromatic nitrogens is 1. The number of benzene rings is 2. The van der Waals surface area contributed by atoms with Gasteiger partial charge in [0.25, 0.3) is 5.91 Å². The van der Waals surface area contributed by atoms with Crippen molar-refractivity contribution in [3.8, 4) is 11.3 Å². The summed E-state index contributed by atoms with van der Waals surface area (Å²) in [6.07, 6.45) is 3.99. The Hall–Kier alpha value is -3.29. The van der Waals surface area contributed by atoms with Gasteiger partial charge in [0.1, 0.15) is 0 Å². The third-order valence-electron chi connectivity index (χ3n) is 8.29. The van der Waals surface area contributed by atoms with Crippen molar-refractivity contribution in [2.24, 2.45) is 0 Å². The first kappa shape index (κ1) is 24.1. The number of nitrogens with zero attached hydrogens (tertiary/aromatic N) is 5. The van der Waals surface area contributed by atoms with Crippen molar-refractivity contribution in [3.05, 3.63) is 66.2 Å². The topological polar surface area (TPSA) is 60.0 Å². The Morgan fingerprint density at radius 1 is 0.784 bits per heavy atom. The van der Waals surface area contributed by atoms with Crippen molar-refractivity contribution in [3.63, 3.8) is 0 Å². The zero-order valence-corrected chi connectivity index (χ0v) is 21.4. The van der Waals surface area contributed by atoms with E-state index in [1.165, 1.54) is 19.3 Å². The molecule has 0 N–H and O–H groups in total. The van der Waals surface area contributed by atoms with E-state index in [-0.39, 0.29) is 11.8 Å². The third kappa shape index (κ3) is 5.11. The quantitative estimate of drug-likeness (QED) is 0.541. The fourth-order valence-electron chi connectivity index (χ4n) is 5.77. The Morgan fingerprint density at radius 3 is 2.16 bits per heavy atom. The van der Waals surface area contributed by atoms with Crippen LogP contribution < -0.4 is 0 Å². The van der Waals surface area contributed by atoms with Crippen LogP contribution in [-0.4, -0.2) is 101 Å². The molecule has 3 aromatic rings. The molecule has 0 unspecified atom stereocenters. The zero-order chi connectivity index (χ0) is 25.2. The fraction of sp³-hybridized carbons (Fsp3) is 0.433. The molecular weight excluding hydrogens is 462 g/mol. The monoisotopic (exact) mass is 497 g/mol. The van der Waals surface area contributed by atoms with E-state index in [1.807, 2.05) is 70.5 Å². The molecule has 2 aromatic carbocycles. The minimum absolute atomic E-state index is 0.0360. The lowest BCUT2D eigenvalue weighted by atomic mass is 9.91. The third-order valence-corrected chi connectivity index (χ3v) is 8.29. The van der Waals surface area contributed by atoms with Gasteiger partial charge in [-0.3, -0.25) is 19.4 Å². The van der Waals surface area contributed by atoms with Crippen LogP contribution in [0.15, 0.2) is 60.7 Å². The van der Waals surface area contributed by atoms with Gasteiger partial charge in [-0.05, 0) is 25.0 Å². The number of piperazine rings is 2. The maximum atomic E-state index is 13.7. The lowest BCUT2D eigenvalue weighted by molar-refractivity contribution is -0.135. The van der Waals surface area contributed by atoms with E-state index in [1.54, 1.807) is 0 Å². The van der Waals surface area contributed by atoms with E-state index in [0.29, 0.717) is 38.3 Å². The number of carbonyl (C=O) groups is 2. The number of carbonyl (C=O) groups excluding carboxylic acids is 2. The normalized spacial score (nSPS) is 19.7. The fourth-order valence-corrected chi connectivity index (χ4v) is 5.77. The molecule has 2 saturated heterocycles. The molecule has 0 atom stereocenters. The Kier molecular flexibility index (Phi) is 6.89. The summed E-state index contributed by atoms with van der Waals surface area (Å²) in [5, 5.41) is 0.880. The van der Waals surface area contributed by atoms with Crippen molar-refractivity contribution in [1.82, 2.24) is 24.6 Å². The molecule has 7 nitrogen and oxygen atoms in total. The highest BCUT2D eigenvalue weighted by Gasteiger charge is 2.31. The van der Waals surface area contributed by atoms with Gasteiger partial charge in [0, 0.05) is 69.3 Å². The average molecular weight is 498 g/mol. The molecule has 1 saturated carbocycles. The van der Waals surface area contributed by atoms with Gasteiger partial charge in [-0.15, -0.1) is 0 Å². The smallest absolute Gasteiger partial charge is 0.254 e. The van der Waals surface area contributed by atoms with Crippen LogP contribution in [0.3, 0.4) is 0 Å². The average Bonchev–Trinajstić information content (AvgIpc) is 2.92. The molecule has 3 fully saturated rings. The van der Waals surface area contributed by atoms with Gasteiger partial charge >= 0.3 is 0 Å². The summed E-state index contributed by atoms with van der Waals surface area (Å²) >= 11 is 0. The summed E-state index contributed by atoms with van der Waals surface area (Å²) in [4.78, 5) is 40.2. The second kappa shape index (κ2) is 10.6. The minimum Gasteiger partial charge on any atom is -0.339 e. The van der Waals surface area contributed by atoms with Crippen LogP contribution in [0, 0.1) is 0 Å². The second-order valence-corrected chi connectivity index (χ2v) is 10.5. The second-order valence-electron chi connectivity index (χ2n) is 10.5. The Bertz CT molecular complexity index is 1260. The van der Waals surface area contributed by atoms with Crippen LogP contribution in [-0.2, 0) is 4.79 Å². The van der Waals surface area contributed by atoms with Gasteiger partial charge in [0.05, 0.1) is 23.3 Å². The van der Waals surface area contributed by atoms with Crippen LogP contribution in [0.4, 0.5) is 0 Å². The number of rotatable bonds is 5. The number of pyridine rings is 1. The maximum absolute atomic E-state index is 13.7. The molecule has 192 valence electrons. The van der Waals surface area contributed by atoms with Gasteiger partial charge in [0.15, 0.2) is 0 Å². The predicted octanol–water partition coefficient (Wildman–Crippen LogP) is 3.36. The van der Waals surface area contributed by atoms with Crippen LogP contribution in [0.2, 0.25) is 0 Å². The summed E-state index contributed by atoms with van der Waals surface area (Å²) in [6, 6.07) is 20.5. The predicted molar refractivity (Wildman–Crippen MR) is 145 cm³/mol. The molecule has 7 heteroatoms. The SMILES string of the molecule is O=C(CN1CCN(C(=O)c2cc(-c3ccccc3)nc3ccccc23)CC1)N1CCN(C2CCC2)CC1. The summed E-state index contributed by atoms with van der Waals surface area (Å²) in [5.74, 6) is 0.259. The molecule has 0 bridgehead atoms. The van der Waals surface area contributed by atoms with E-state index >= 15 is 0 Å². The first-order valence-corrected chi connectivity index (χ1v) is 13.6. The lowest BCUT2D eigenvalue weighted by Gasteiger charge is -2.43. The van der Waals surface area contributed by atoms with Crippen LogP contribution >= 0.6 is 0 Å². The van der Waals surface area contributed by atoms with Crippen molar-refractivity contribution in [2.45, 2.75) is 25.3 Å². The number of amides is 2. The molecule has 1 aliphatic carbocycles. The number of hydrogen-bond acceptors (Lipinski definition) is 5. The molecule has 2 aliphatic heterocycles. The Labute approximate surface area is 218 Å². The largest absolute Gasteiger partial charge is 0.339 e. The maximum Gasteiger partial charge on any atom is 0.254 e. The standard InChI is InChI=1S/C30H35N5O2/c36-29(34-19-17-33(18-20-34)24-9-6-10-24)22-32-13-15-35(16-14-32)30(37)26-21-28(23-7-2-1-3-8-23)31-27-12-5-4-11-25(26)27/h1-5,7-8,11-12,21,24H,6,9-10,13-20,22H2. The Balaban J connectivity index is 1.08. The first-order valence-electron chi connectivity index (χ1n) is 13.6. The van der Waals surface area contributed by atoms with Crippen molar-refractivity contribution in [1.29, 1.82) is 0 Å². The van der Waals surface area contributed by atoms with E-state index < -0.39 is 0 Å². The summed E-state index contributed by atoms with van der Waals surface area (Å²) in [7, 11) is 0.